The van der Waals surface area contributed by atoms with Gasteiger partial charge in [0.15, 0.2) is 0 Å². The molecule has 5 nitrogen and oxygen atoms in total. The molecule has 0 radical (unpaired) electrons. The van der Waals surface area contributed by atoms with Crippen LogP contribution in [0.4, 0.5) is 19.1 Å². The Morgan fingerprint density at radius 3 is 2.65 bits per heavy atom. The third-order valence-corrected chi connectivity index (χ3v) is 4.02. The second-order valence-electron chi connectivity index (χ2n) is 5.57. The van der Waals surface area contributed by atoms with Crippen LogP contribution in [0.15, 0.2) is 60.9 Å². The van der Waals surface area contributed by atoms with Crippen molar-refractivity contribution in [2.75, 3.05) is 5.32 Å². The van der Waals surface area contributed by atoms with Gasteiger partial charge >= 0.3 is 6.61 Å². The highest BCUT2D eigenvalue weighted by Gasteiger charge is 2.26. The van der Waals surface area contributed by atoms with Gasteiger partial charge in [-0.2, -0.15) is 18.9 Å². The van der Waals surface area contributed by atoms with Gasteiger partial charge in [-0.1, -0.05) is 30.3 Å². The number of alkyl halides is 2. The van der Waals surface area contributed by atoms with Crippen molar-refractivity contribution in [3.05, 3.63) is 77.9 Å². The highest BCUT2D eigenvalue weighted by atomic mass is 19.3. The molecule has 0 spiro atoms. The molecule has 0 amide bonds. The minimum Gasteiger partial charge on any atom is -0.434 e. The molecule has 8 heteroatoms. The van der Waals surface area contributed by atoms with Crippen molar-refractivity contribution in [3.8, 4) is 5.75 Å². The normalized spacial score (nSPS) is 16.0. The molecular formula is C18H13F3N4O. The van der Waals surface area contributed by atoms with Crippen molar-refractivity contribution in [2.45, 2.75) is 12.7 Å². The number of rotatable bonds is 4. The van der Waals surface area contributed by atoms with Crippen LogP contribution in [-0.2, 0) is 0 Å². The molecule has 2 heterocycles. The van der Waals surface area contributed by atoms with Crippen LogP contribution in [0.1, 0.15) is 17.2 Å². The Hall–Kier alpha value is -3.29. The van der Waals surface area contributed by atoms with Gasteiger partial charge in [0, 0.05) is 11.1 Å². The molecule has 1 N–H and O–H groups in total. The van der Waals surface area contributed by atoms with Gasteiger partial charge in [0.1, 0.15) is 23.9 Å². The molecule has 1 aliphatic heterocycles. The average molecular weight is 358 g/mol. The van der Waals surface area contributed by atoms with Crippen LogP contribution in [0.3, 0.4) is 0 Å². The van der Waals surface area contributed by atoms with Crippen molar-refractivity contribution < 1.29 is 17.9 Å². The van der Waals surface area contributed by atoms with E-state index in [-0.39, 0.29) is 5.75 Å². The zero-order valence-corrected chi connectivity index (χ0v) is 13.3. The number of fused-ring (bicyclic) bond motifs is 1. The number of anilines is 1. The Balaban J connectivity index is 1.82. The fourth-order valence-electron chi connectivity index (χ4n) is 2.92. The number of benzene rings is 2. The number of hydrogen-bond acceptors (Lipinski definition) is 4. The first-order valence-electron chi connectivity index (χ1n) is 7.80. The lowest BCUT2D eigenvalue weighted by atomic mass is 10.0. The highest BCUT2D eigenvalue weighted by Crippen LogP contribution is 2.36. The molecule has 0 saturated heterocycles. The monoisotopic (exact) mass is 358 g/mol. The number of nitrogens with zero attached hydrogens (tertiary/aromatic N) is 3. The Morgan fingerprint density at radius 1 is 1.08 bits per heavy atom. The summed E-state index contributed by atoms with van der Waals surface area (Å²) in [5.74, 6) is -0.00216. The second-order valence-corrected chi connectivity index (χ2v) is 5.57. The number of allylic oxidation sites excluding steroid dienone is 1. The van der Waals surface area contributed by atoms with E-state index in [0.717, 1.165) is 0 Å². The molecule has 0 saturated carbocycles. The largest absolute Gasteiger partial charge is 0.434 e. The summed E-state index contributed by atoms with van der Waals surface area (Å²) in [6, 6.07) is 12.1. The number of halogens is 3. The maximum Gasteiger partial charge on any atom is 0.387 e. The summed E-state index contributed by atoms with van der Waals surface area (Å²) in [4.78, 5) is 4.12. The summed E-state index contributed by atoms with van der Waals surface area (Å²) in [6.07, 6.45) is 3.04. The number of para-hydroxylation sites is 1. The van der Waals surface area contributed by atoms with Crippen LogP contribution < -0.4 is 10.1 Å². The molecule has 0 aliphatic carbocycles. The van der Waals surface area contributed by atoms with E-state index < -0.39 is 18.5 Å². The minimum absolute atomic E-state index is 0.0153. The third-order valence-electron chi connectivity index (χ3n) is 4.02. The molecule has 0 bridgehead atoms. The molecule has 1 aliphatic rings. The maximum atomic E-state index is 14.3. The molecule has 26 heavy (non-hydrogen) atoms. The Morgan fingerprint density at radius 2 is 1.85 bits per heavy atom. The van der Waals surface area contributed by atoms with E-state index in [1.807, 2.05) is 0 Å². The van der Waals surface area contributed by atoms with E-state index in [0.29, 0.717) is 22.8 Å². The quantitative estimate of drug-likeness (QED) is 0.764. The predicted molar refractivity (Wildman–Crippen MR) is 89.2 cm³/mol. The van der Waals surface area contributed by atoms with Gasteiger partial charge in [0.2, 0.25) is 5.95 Å². The fourth-order valence-corrected chi connectivity index (χ4v) is 2.92. The van der Waals surface area contributed by atoms with E-state index in [2.05, 4.69) is 20.1 Å². The van der Waals surface area contributed by atoms with E-state index >= 15 is 0 Å². The number of hydrogen-bond donors (Lipinski definition) is 1. The topological polar surface area (TPSA) is 52.0 Å². The zero-order chi connectivity index (χ0) is 18.1. The summed E-state index contributed by atoms with van der Waals surface area (Å²) >= 11 is 0. The third kappa shape index (κ3) is 2.90. The summed E-state index contributed by atoms with van der Waals surface area (Å²) in [7, 11) is 0. The zero-order valence-electron chi connectivity index (χ0n) is 13.3. The van der Waals surface area contributed by atoms with E-state index in [9.17, 15) is 13.2 Å². The lowest BCUT2D eigenvalue weighted by Gasteiger charge is -2.25. The Bertz CT molecular complexity index is 970. The summed E-state index contributed by atoms with van der Waals surface area (Å²) in [6.45, 7) is -2.95. The first-order valence-corrected chi connectivity index (χ1v) is 7.80. The van der Waals surface area contributed by atoms with Crippen LogP contribution in [0.5, 0.6) is 5.75 Å². The SMILES string of the molecule is Fc1ccccc1[C@H]1C=C(c2ccccc2OC(F)F)Nc2ncnn21. The minimum atomic E-state index is -2.95. The number of ether oxygens (including phenoxy) is 1. The molecule has 0 fully saturated rings. The van der Waals surface area contributed by atoms with Crippen LogP contribution in [0, 0.1) is 5.82 Å². The van der Waals surface area contributed by atoms with Gasteiger partial charge in [0.05, 0.1) is 5.70 Å². The van der Waals surface area contributed by atoms with Crippen molar-refractivity contribution in [1.82, 2.24) is 14.8 Å². The van der Waals surface area contributed by atoms with Crippen molar-refractivity contribution >= 4 is 11.6 Å². The van der Waals surface area contributed by atoms with Gasteiger partial charge in [-0.05, 0) is 24.3 Å². The van der Waals surface area contributed by atoms with Crippen LogP contribution in [0.2, 0.25) is 0 Å². The van der Waals surface area contributed by atoms with Crippen LogP contribution in [-0.4, -0.2) is 21.4 Å². The molecule has 2 aromatic carbocycles. The Kier molecular flexibility index (Phi) is 4.08. The van der Waals surface area contributed by atoms with Crippen molar-refractivity contribution in [2.24, 2.45) is 0 Å². The van der Waals surface area contributed by atoms with Gasteiger partial charge in [-0.15, -0.1) is 0 Å². The second kappa shape index (κ2) is 6.55. The molecule has 3 aromatic rings. The van der Waals surface area contributed by atoms with Gasteiger partial charge in [0.25, 0.3) is 0 Å². The lowest BCUT2D eigenvalue weighted by molar-refractivity contribution is -0.0500. The van der Waals surface area contributed by atoms with E-state index in [1.54, 1.807) is 42.5 Å². The Labute approximate surface area is 146 Å². The van der Waals surface area contributed by atoms with Crippen LogP contribution >= 0.6 is 0 Å². The summed E-state index contributed by atoms with van der Waals surface area (Å²) in [5, 5.41) is 7.16. The number of aromatic nitrogens is 3. The first kappa shape index (κ1) is 16.2. The molecule has 4 rings (SSSR count). The first-order chi connectivity index (χ1) is 12.6. The molecular weight excluding hydrogens is 345 g/mol. The van der Waals surface area contributed by atoms with E-state index in [1.165, 1.54) is 23.1 Å². The highest BCUT2D eigenvalue weighted by molar-refractivity contribution is 5.80. The molecule has 1 atom stereocenters. The molecule has 132 valence electrons. The standard InChI is InChI=1S/C18H13F3N4O/c19-13-7-3-1-5-11(13)15-9-14(24-18-22-10-23-25(15)18)12-6-2-4-8-16(12)26-17(20)21/h1-10,15,17H,(H,22,23,24)/t15-/m1/s1. The van der Waals surface area contributed by atoms with Crippen molar-refractivity contribution in [3.63, 3.8) is 0 Å². The smallest absolute Gasteiger partial charge is 0.387 e. The van der Waals surface area contributed by atoms with Gasteiger partial charge in [-0.3, -0.25) is 0 Å². The molecule has 1 aromatic heterocycles. The maximum absolute atomic E-state index is 14.3. The average Bonchev–Trinajstić information content (AvgIpc) is 3.10. The summed E-state index contributed by atoms with van der Waals surface area (Å²) < 4.78 is 45.9. The fraction of sp³-hybridized carbons (Fsp3) is 0.111. The van der Waals surface area contributed by atoms with Crippen LogP contribution in [0.25, 0.3) is 5.70 Å². The predicted octanol–water partition coefficient (Wildman–Crippen LogP) is 4.07. The summed E-state index contributed by atoms with van der Waals surface area (Å²) in [5.41, 5.74) is 1.30. The van der Waals surface area contributed by atoms with E-state index in [4.69, 9.17) is 0 Å². The van der Waals surface area contributed by atoms with Gasteiger partial charge in [-0.25, -0.2) is 9.07 Å². The lowest BCUT2D eigenvalue weighted by Crippen LogP contribution is -2.21. The van der Waals surface area contributed by atoms with Gasteiger partial charge < -0.3 is 10.1 Å². The van der Waals surface area contributed by atoms with Crippen molar-refractivity contribution in [1.29, 1.82) is 0 Å². The molecule has 0 unspecified atom stereocenters. The number of nitrogens with one attached hydrogen (secondary N) is 1.